The van der Waals surface area contributed by atoms with Gasteiger partial charge in [-0.15, -0.1) is 0 Å². The molecule has 3 aromatic heterocycles. The van der Waals surface area contributed by atoms with E-state index in [1.807, 2.05) is 24.4 Å². The molecule has 0 aliphatic heterocycles. The molecule has 0 aromatic carbocycles. The van der Waals surface area contributed by atoms with Crippen molar-refractivity contribution < 1.29 is 0 Å². The molecule has 17 heavy (non-hydrogen) atoms. The Hall–Kier alpha value is -2.27. The third-order valence-electron chi connectivity index (χ3n) is 2.73. The van der Waals surface area contributed by atoms with Gasteiger partial charge in [-0.2, -0.15) is 5.10 Å². The molecule has 0 radical (unpaired) electrons. The van der Waals surface area contributed by atoms with Gasteiger partial charge in [-0.3, -0.25) is 0 Å². The van der Waals surface area contributed by atoms with Gasteiger partial charge in [-0.05, 0) is 12.1 Å². The molecule has 3 aromatic rings. The summed E-state index contributed by atoms with van der Waals surface area (Å²) in [6.07, 6.45) is 8.63. The predicted octanol–water partition coefficient (Wildman–Crippen LogP) is 1.17. The van der Waals surface area contributed by atoms with E-state index in [0.29, 0.717) is 0 Å². The summed E-state index contributed by atoms with van der Waals surface area (Å²) in [5, 5.41) is 4.26. The Balaban J connectivity index is 2.10. The van der Waals surface area contributed by atoms with Gasteiger partial charge >= 0.3 is 0 Å². The minimum atomic E-state index is -0.254. The van der Waals surface area contributed by atoms with Crippen LogP contribution < -0.4 is 5.73 Å². The van der Waals surface area contributed by atoms with Gasteiger partial charge in [0.2, 0.25) is 0 Å². The third-order valence-corrected chi connectivity index (χ3v) is 2.73. The molecular weight excluding hydrogens is 214 g/mol. The Kier molecular flexibility index (Phi) is 2.31. The highest BCUT2D eigenvalue weighted by Crippen LogP contribution is 2.22. The van der Waals surface area contributed by atoms with Crippen LogP contribution >= 0.6 is 0 Å². The molecule has 0 saturated heterocycles. The molecule has 0 fully saturated rings. The lowest BCUT2D eigenvalue weighted by atomic mass is 10.0. The molecule has 2 N–H and O–H groups in total. The molecule has 0 amide bonds. The van der Waals surface area contributed by atoms with Gasteiger partial charge < -0.3 is 5.73 Å². The number of hydrogen-bond acceptors (Lipinski definition) is 4. The molecule has 5 heteroatoms. The van der Waals surface area contributed by atoms with E-state index >= 15 is 0 Å². The summed E-state index contributed by atoms with van der Waals surface area (Å²) >= 11 is 0. The Morgan fingerprint density at radius 1 is 1.12 bits per heavy atom. The SMILES string of the molecule is NC(c1cncnc1)c1cnn2ccccc12. The zero-order valence-electron chi connectivity index (χ0n) is 9.06. The number of nitrogens with two attached hydrogens (primary N) is 1. The second-order valence-electron chi connectivity index (χ2n) is 3.78. The van der Waals surface area contributed by atoms with Gasteiger partial charge in [0.25, 0.3) is 0 Å². The van der Waals surface area contributed by atoms with Gasteiger partial charge in [-0.1, -0.05) is 6.07 Å². The molecule has 3 rings (SSSR count). The maximum atomic E-state index is 6.19. The number of aromatic nitrogens is 4. The summed E-state index contributed by atoms with van der Waals surface area (Å²) in [7, 11) is 0. The Morgan fingerprint density at radius 3 is 2.76 bits per heavy atom. The van der Waals surface area contributed by atoms with Crippen LogP contribution in [-0.2, 0) is 0 Å². The van der Waals surface area contributed by atoms with Crippen molar-refractivity contribution in [2.45, 2.75) is 6.04 Å². The van der Waals surface area contributed by atoms with E-state index in [0.717, 1.165) is 16.6 Å². The highest BCUT2D eigenvalue weighted by atomic mass is 15.2. The van der Waals surface area contributed by atoms with Crippen LogP contribution in [0.2, 0.25) is 0 Å². The Bertz CT molecular complexity index is 631. The van der Waals surface area contributed by atoms with Crippen molar-refractivity contribution in [2.24, 2.45) is 5.73 Å². The molecule has 84 valence electrons. The number of fused-ring (bicyclic) bond motifs is 1. The molecule has 3 heterocycles. The van der Waals surface area contributed by atoms with Crippen LogP contribution in [0.3, 0.4) is 0 Å². The summed E-state index contributed by atoms with van der Waals surface area (Å²) in [4.78, 5) is 7.95. The zero-order valence-corrected chi connectivity index (χ0v) is 9.06. The molecule has 1 atom stereocenters. The van der Waals surface area contributed by atoms with Crippen LogP contribution in [0.4, 0.5) is 0 Å². The fourth-order valence-corrected chi connectivity index (χ4v) is 1.84. The monoisotopic (exact) mass is 225 g/mol. The van der Waals surface area contributed by atoms with Crippen LogP contribution in [0.15, 0.2) is 49.3 Å². The average molecular weight is 225 g/mol. The molecule has 0 aliphatic rings. The quantitative estimate of drug-likeness (QED) is 0.710. The van der Waals surface area contributed by atoms with Crippen molar-refractivity contribution in [1.29, 1.82) is 0 Å². The number of rotatable bonds is 2. The van der Waals surface area contributed by atoms with E-state index in [2.05, 4.69) is 15.1 Å². The molecule has 5 nitrogen and oxygen atoms in total. The molecular formula is C12H11N5. The van der Waals surface area contributed by atoms with Gasteiger partial charge in [0.15, 0.2) is 0 Å². The van der Waals surface area contributed by atoms with Gasteiger partial charge in [-0.25, -0.2) is 14.5 Å². The zero-order chi connectivity index (χ0) is 11.7. The standard InChI is InChI=1S/C12H11N5/c13-12(9-5-14-8-15-6-9)10-7-16-17-4-2-1-3-11(10)17/h1-8,12H,13H2. The fraction of sp³-hybridized carbons (Fsp3) is 0.0833. The van der Waals surface area contributed by atoms with Gasteiger partial charge in [0.05, 0.1) is 17.8 Å². The first-order valence-electron chi connectivity index (χ1n) is 5.29. The van der Waals surface area contributed by atoms with E-state index in [4.69, 9.17) is 5.73 Å². The topological polar surface area (TPSA) is 69.1 Å². The molecule has 0 aliphatic carbocycles. The summed E-state index contributed by atoms with van der Waals surface area (Å²) in [6, 6.07) is 5.64. The Labute approximate surface area is 97.9 Å². The highest BCUT2D eigenvalue weighted by molar-refractivity contribution is 5.56. The molecule has 1 unspecified atom stereocenters. The van der Waals surface area contributed by atoms with Gasteiger partial charge in [0.1, 0.15) is 6.33 Å². The Morgan fingerprint density at radius 2 is 1.94 bits per heavy atom. The van der Waals surface area contributed by atoms with Crippen LogP contribution in [0, 0.1) is 0 Å². The van der Waals surface area contributed by atoms with E-state index < -0.39 is 0 Å². The first-order chi connectivity index (χ1) is 8.36. The summed E-state index contributed by atoms with van der Waals surface area (Å²) in [6.45, 7) is 0. The van der Waals surface area contributed by atoms with E-state index in [1.165, 1.54) is 6.33 Å². The third kappa shape index (κ3) is 1.66. The summed E-state index contributed by atoms with van der Waals surface area (Å²) in [5.41, 5.74) is 9.05. The second kappa shape index (κ2) is 3.95. The maximum absolute atomic E-state index is 6.19. The minimum absolute atomic E-state index is 0.254. The van der Waals surface area contributed by atoms with Gasteiger partial charge in [0, 0.05) is 29.7 Å². The van der Waals surface area contributed by atoms with E-state index in [9.17, 15) is 0 Å². The van der Waals surface area contributed by atoms with Crippen molar-refractivity contribution in [2.75, 3.05) is 0 Å². The van der Waals surface area contributed by atoms with Crippen molar-refractivity contribution in [3.8, 4) is 0 Å². The van der Waals surface area contributed by atoms with Crippen molar-refractivity contribution in [1.82, 2.24) is 19.6 Å². The fourth-order valence-electron chi connectivity index (χ4n) is 1.84. The number of nitrogens with zero attached hydrogens (tertiary/aromatic N) is 4. The second-order valence-corrected chi connectivity index (χ2v) is 3.78. The lowest BCUT2D eigenvalue weighted by molar-refractivity contribution is 0.858. The smallest absolute Gasteiger partial charge is 0.115 e. The lowest BCUT2D eigenvalue weighted by Gasteiger charge is -2.09. The largest absolute Gasteiger partial charge is 0.320 e. The summed E-state index contributed by atoms with van der Waals surface area (Å²) in [5.74, 6) is 0. The average Bonchev–Trinajstić information content (AvgIpc) is 2.83. The normalized spacial score (nSPS) is 12.8. The van der Waals surface area contributed by atoms with Crippen molar-refractivity contribution >= 4 is 5.52 Å². The first kappa shape index (κ1) is 9.92. The summed E-state index contributed by atoms with van der Waals surface area (Å²) < 4.78 is 1.80. The van der Waals surface area contributed by atoms with E-state index in [-0.39, 0.29) is 6.04 Å². The van der Waals surface area contributed by atoms with Crippen LogP contribution in [0.1, 0.15) is 17.2 Å². The molecule has 0 bridgehead atoms. The van der Waals surface area contributed by atoms with Crippen LogP contribution in [-0.4, -0.2) is 19.6 Å². The highest BCUT2D eigenvalue weighted by Gasteiger charge is 2.14. The van der Waals surface area contributed by atoms with E-state index in [1.54, 1.807) is 23.1 Å². The molecule has 0 spiro atoms. The lowest BCUT2D eigenvalue weighted by Crippen LogP contribution is -2.12. The van der Waals surface area contributed by atoms with Crippen LogP contribution in [0.5, 0.6) is 0 Å². The molecule has 0 saturated carbocycles. The van der Waals surface area contributed by atoms with Crippen molar-refractivity contribution in [3.63, 3.8) is 0 Å². The predicted molar refractivity (Wildman–Crippen MR) is 63.3 cm³/mol. The first-order valence-corrected chi connectivity index (χ1v) is 5.29. The van der Waals surface area contributed by atoms with Crippen LogP contribution in [0.25, 0.3) is 5.52 Å². The maximum Gasteiger partial charge on any atom is 0.115 e. The number of hydrogen-bond donors (Lipinski definition) is 1. The number of pyridine rings is 1. The van der Waals surface area contributed by atoms with Crippen molar-refractivity contribution in [3.05, 3.63) is 60.4 Å². The minimum Gasteiger partial charge on any atom is -0.320 e.